The van der Waals surface area contributed by atoms with Crippen LogP contribution in [0.1, 0.15) is 34.1 Å². The Kier molecular flexibility index (Phi) is 9.50. The van der Waals surface area contributed by atoms with E-state index in [1.165, 1.54) is 0 Å². The first-order valence-corrected chi connectivity index (χ1v) is 12.6. The molecular weight excluding hydrogens is 458 g/mol. The lowest BCUT2D eigenvalue weighted by molar-refractivity contribution is -0.141. The van der Waals surface area contributed by atoms with Gasteiger partial charge in [0.1, 0.15) is 11.5 Å². The predicted octanol–water partition coefficient (Wildman–Crippen LogP) is 3.34. The highest BCUT2D eigenvalue weighted by Crippen LogP contribution is 2.32. The van der Waals surface area contributed by atoms with E-state index in [0.29, 0.717) is 62.3 Å². The number of ether oxygens (including phenoxy) is 2. The molecule has 2 heterocycles. The van der Waals surface area contributed by atoms with Crippen LogP contribution in [0.25, 0.3) is 11.3 Å². The first kappa shape index (κ1) is 27.2. The summed E-state index contributed by atoms with van der Waals surface area (Å²) in [5.41, 5.74) is 1.55. The number of aromatic nitrogens is 2. The second-order valence-electron chi connectivity index (χ2n) is 9.98. The lowest BCUT2D eigenvalue weighted by atomic mass is 10.1. The van der Waals surface area contributed by atoms with Crippen molar-refractivity contribution in [3.05, 3.63) is 30.3 Å². The van der Waals surface area contributed by atoms with Crippen LogP contribution in [-0.2, 0) is 9.59 Å². The zero-order valence-electron chi connectivity index (χ0n) is 22.4. The van der Waals surface area contributed by atoms with Crippen molar-refractivity contribution in [2.24, 2.45) is 11.8 Å². The largest absolute Gasteiger partial charge is 0.497 e. The molecule has 9 nitrogen and oxygen atoms in total. The van der Waals surface area contributed by atoms with Gasteiger partial charge in [-0.1, -0.05) is 27.7 Å². The lowest BCUT2D eigenvalue weighted by Gasteiger charge is -2.36. The molecule has 0 saturated carbocycles. The summed E-state index contributed by atoms with van der Waals surface area (Å²) in [6.07, 6.45) is 0.463. The number of hydrogen-bond acceptors (Lipinski definition) is 7. The third-order valence-electron chi connectivity index (χ3n) is 6.14. The van der Waals surface area contributed by atoms with Crippen LogP contribution in [0, 0.1) is 11.8 Å². The van der Waals surface area contributed by atoms with E-state index in [0.717, 1.165) is 11.4 Å². The fourth-order valence-electron chi connectivity index (χ4n) is 4.27. The normalized spacial score (nSPS) is 13.8. The summed E-state index contributed by atoms with van der Waals surface area (Å²) in [5.74, 6) is 2.78. The Morgan fingerprint density at radius 3 is 2.22 bits per heavy atom. The highest BCUT2D eigenvalue weighted by atomic mass is 16.5. The molecule has 1 aliphatic rings. The van der Waals surface area contributed by atoms with Crippen molar-refractivity contribution in [1.29, 1.82) is 0 Å². The van der Waals surface area contributed by atoms with Crippen molar-refractivity contribution in [3.8, 4) is 22.8 Å². The number of benzene rings is 1. The fourth-order valence-corrected chi connectivity index (χ4v) is 4.27. The Bertz CT molecular complexity index is 1020. The van der Waals surface area contributed by atoms with Crippen molar-refractivity contribution in [2.45, 2.75) is 34.1 Å². The lowest BCUT2D eigenvalue weighted by Crippen LogP contribution is -2.52. The van der Waals surface area contributed by atoms with Crippen LogP contribution in [0.15, 0.2) is 30.3 Å². The van der Waals surface area contributed by atoms with Crippen molar-refractivity contribution >= 4 is 17.6 Å². The number of anilines is 1. The Labute approximate surface area is 214 Å². The van der Waals surface area contributed by atoms with Gasteiger partial charge in [0, 0.05) is 50.8 Å². The van der Waals surface area contributed by atoms with Crippen LogP contribution >= 0.6 is 0 Å². The van der Waals surface area contributed by atoms with Crippen molar-refractivity contribution < 1.29 is 19.1 Å². The van der Waals surface area contributed by atoms with E-state index in [1.54, 1.807) is 19.1 Å². The Balaban J connectivity index is 1.59. The second-order valence-corrected chi connectivity index (χ2v) is 9.98. The zero-order chi connectivity index (χ0) is 26.2. The van der Waals surface area contributed by atoms with Crippen LogP contribution in [0.2, 0.25) is 0 Å². The molecule has 0 radical (unpaired) electrons. The Morgan fingerprint density at radius 2 is 1.67 bits per heavy atom. The van der Waals surface area contributed by atoms with E-state index in [2.05, 4.69) is 28.9 Å². The summed E-state index contributed by atoms with van der Waals surface area (Å²) in [6, 6.07) is 9.45. The number of piperazine rings is 1. The van der Waals surface area contributed by atoms with E-state index in [-0.39, 0.29) is 24.3 Å². The van der Waals surface area contributed by atoms with Gasteiger partial charge in [0.05, 0.1) is 26.5 Å². The van der Waals surface area contributed by atoms with Gasteiger partial charge in [-0.25, -0.2) is 0 Å². The van der Waals surface area contributed by atoms with Crippen LogP contribution in [0.3, 0.4) is 0 Å². The molecule has 3 rings (SSSR count). The molecule has 0 N–H and O–H groups in total. The maximum absolute atomic E-state index is 13.0. The zero-order valence-corrected chi connectivity index (χ0v) is 22.4. The molecule has 2 amide bonds. The highest BCUT2D eigenvalue weighted by Gasteiger charge is 2.26. The predicted molar refractivity (Wildman–Crippen MR) is 140 cm³/mol. The van der Waals surface area contributed by atoms with Gasteiger partial charge in [0.15, 0.2) is 5.82 Å². The van der Waals surface area contributed by atoms with Crippen LogP contribution < -0.4 is 14.4 Å². The number of hydrogen-bond donors (Lipinski definition) is 0. The first-order valence-electron chi connectivity index (χ1n) is 12.6. The topological polar surface area (TPSA) is 88.1 Å². The minimum absolute atomic E-state index is 0.000406. The van der Waals surface area contributed by atoms with Gasteiger partial charge in [0.2, 0.25) is 11.8 Å². The molecule has 196 valence electrons. The minimum Gasteiger partial charge on any atom is -0.497 e. The molecule has 1 saturated heterocycles. The van der Waals surface area contributed by atoms with E-state index in [4.69, 9.17) is 9.47 Å². The molecule has 1 aromatic heterocycles. The van der Waals surface area contributed by atoms with Gasteiger partial charge in [-0.2, -0.15) is 0 Å². The SMILES string of the molecule is COc1ccc(-c2ccc(N3CCN(C(=O)CN(CC(C)C)C(=O)CC(C)C)CC3)nn2)c(OC)c1. The molecule has 0 unspecified atom stereocenters. The summed E-state index contributed by atoms with van der Waals surface area (Å²) in [5, 5.41) is 8.85. The second kappa shape index (κ2) is 12.6. The van der Waals surface area contributed by atoms with E-state index >= 15 is 0 Å². The standard InChI is InChI=1S/C27H39N5O4/c1-19(2)15-26(33)32(17-20(3)4)18-27(34)31-13-11-30(12-14-31)25-10-9-23(28-29-25)22-8-7-21(35-5)16-24(22)36-6/h7-10,16,19-20H,11-15,17-18H2,1-6H3. The molecule has 9 heteroatoms. The number of methoxy groups -OCH3 is 2. The number of rotatable bonds is 10. The average Bonchev–Trinajstić information content (AvgIpc) is 2.87. The number of nitrogens with zero attached hydrogens (tertiary/aromatic N) is 5. The molecule has 36 heavy (non-hydrogen) atoms. The molecule has 0 aliphatic carbocycles. The molecule has 2 aromatic rings. The summed E-state index contributed by atoms with van der Waals surface area (Å²) in [6.45, 7) is 11.4. The Hall–Kier alpha value is -3.36. The quantitative estimate of drug-likeness (QED) is 0.497. The molecule has 1 aromatic carbocycles. The molecule has 0 bridgehead atoms. The van der Waals surface area contributed by atoms with Gasteiger partial charge in [0.25, 0.3) is 0 Å². The molecule has 0 atom stereocenters. The maximum atomic E-state index is 13.0. The average molecular weight is 498 g/mol. The monoisotopic (exact) mass is 497 g/mol. The number of carbonyl (C=O) groups excluding carboxylic acids is 2. The third-order valence-corrected chi connectivity index (χ3v) is 6.14. The molecule has 1 aliphatic heterocycles. The van der Waals surface area contributed by atoms with E-state index in [9.17, 15) is 9.59 Å². The van der Waals surface area contributed by atoms with Crippen molar-refractivity contribution in [2.75, 3.05) is 58.4 Å². The van der Waals surface area contributed by atoms with Crippen molar-refractivity contribution in [3.63, 3.8) is 0 Å². The summed E-state index contributed by atoms with van der Waals surface area (Å²) in [4.78, 5) is 31.3. The summed E-state index contributed by atoms with van der Waals surface area (Å²) in [7, 11) is 3.23. The first-order chi connectivity index (χ1) is 17.2. The van der Waals surface area contributed by atoms with Crippen LogP contribution in [0.5, 0.6) is 11.5 Å². The van der Waals surface area contributed by atoms with Crippen LogP contribution in [-0.4, -0.2) is 85.3 Å². The summed E-state index contributed by atoms with van der Waals surface area (Å²) >= 11 is 0. The van der Waals surface area contributed by atoms with Crippen molar-refractivity contribution in [1.82, 2.24) is 20.0 Å². The van der Waals surface area contributed by atoms with Gasteiger partial charge < -0.3 is 24.2 Å². The molecular formula is C27H39N5O4. The van der Waals surface area contributed by atoms with Crippen LogP contribution in [0.4, 0.5) is 5.82 Å². The minimum atomic E-state index is 0.000406. The van der Waals surface area contributed by atoms with Gasteiger partial charge >= 0.3 is 0 Å². The highest BCUT2D eigenvalue weighted by molar-refractivity contribution is 5.85. The smallest absolute Gasteiger partial charge is 0.242 e. The van der Waals surface area contributed by atoms with Gasteiger partial charge in [-0.3, -0.25) is 9.59 Å². The number of amides is 2. The maximum Gasteiger partial charge on any atom is 0.242 e. The van der Waals surface area contributed by atoms with Gasteiger partial charge in [-0.15, -0.1) is 10.2 Å². The van der Waals surface area contributed by atoms with E-state index < -0.39 is 0 Å². The number of carbonyl (C=O) groups is 2. The van der Waals surface area contributed by atoms with E-state index in [1.807, 2.05) is 49.1 Å². The third kappa shape index (κ3) is 7.08. The molecule has 0 spiro atoms. The van der Waals surface area contributed by atoms with Gasteiger partial charge in [-0.05, 0) is 36.1 Å². The fraction of sp³-hybridized carbons (Fsp3) is 0.556. The Morgan fingerprint density at radius 1 is 0.944 bits per heavy atom. The summed E-state index contributed by atoms with van der Waals surface area (Å²) < 4.78 is 10.8. The molecule has 1 fully saturated rings.